The lowest BCUT2D eigenvalue weighted by Gasteiger charge is -2.12. The summed E-state index contributed by atoms with van der Waals surface area (Å²) in [6.45, 7) is 0. The first-order valence-corrected chi connectivity index (χ1v) is 10.9. The molecule has 5 rings (SSSR count). The van der Waals surface area contributed by atoms with Crippen LogP contribution in [0.25, 0.3) is 38.8 Å². The van der Waals surface area contributed by atoms with Crippen molar-refractivity contribution in [1.82, 2.24) is 19.9 Å². The van der Waals surface area contributed by atoms with E-state index in [4.69, 9.17) is 31.8 Å². The van der Waals surface area contributed by atoms with Crippen LogP contribution in [-0.2, 0) is 6.18 Å². The van der Waals surface area contributed by atoms with E-state index < -0.39 is 57.8 Å². The summed E-state index contributed by atoms with van der Waals surface area (Å²) in [5, 5.41) is 8.89. The van der Waals surface area contributed by atoms with Crippen LogP contribution in [0.4, 0.5) is 17.6 Å². The average Bonchev–Trinajstić information content (AvgIpc) is 3.56. The van der Waals surface area contributed by atoms with Crippen LogP contribution in [0.5, 0.6) is 0 Å². The zero-order chi connectivity index (χ0) is 26.6. The van der Waals surface area contributed by atoms with Crippen LogP contribution >= 0.6 is 34.5 Å². The molecule has 0 aliphatic rings. The first kappa shape index (κ1) is 19.1. The van der Waals surface area contributed by atoms with E-state index in [2.05, 4.69) is 15.2 Å². The minimum Gasteiger partial charge on any atom is -0.355 e. The second kappa shape index (κ2) is 8.53. The van der Waals surface area contributed by atoms with Crippen LogP contribution in [0.3, 0.4) is 0 Å². The lowest BCUT2D eigenvalue weighted by atomic mass is 10.0. The molecule has 0 atom stereocenters. The highest BCUT2D eigenvalue weighted by atomic mass is 35.5. The molecule has 3 heterocycles. The predicted molar refractivity (Wildman–Crippen MR) is 121 cm³/mol. The van der Waals surface area contributed by atoms with E-state index in [1.165, 1.54) is 18.3 Å². The predicted octanol–water partition coefficient (Wildman–Crippen LogP) is 7.78. The molecule has 0 spiro atoms. The Kier molecular flexibility index (Phi) is 4.80. The maximum absolute atomic E-state index is 14.8. The largest absolute Gasteiger partial charge is 0.434 e. The molecular formula is C22H10Cl2F4N4OS. The van der Waals surface area contributed by atoms with Gasteiger partial charge >= 0.3 is 6.18 Å². The van der Waals surface area contributed by atoms with Gasteiger partial charge in [-0.1, -0.05) is 40.5 Å². The number of benzene rings is 2. The van der Waals surface area contributed by atoms with Crippen molar-refractivity contribution in [3.05, 3.63) is 81.7 Å². The molecule has 12 heteroatoms. The monoisotopic (exact) mass is 527 g/mol. The fourth-order valence-electron chi connectivity index (χ4n) is 3.33. The molecule has 5 nitrogen and oxygen atoms in total. The molecule has 34 heavy (non-hydrogen) atoms. The van der Waals surface area contributed by atoms with Gasteiger partial charge in [-0.25, -0.2) is 14.1 Å². The average molecular weight is 528 g/mol. The highest BCUT2D eigenvalue weighted by Gasteiger charge is 2.41. The number of thiazole rings is 1. The SMILES string of the molecule is [2H]c1cc([2H])c(-n2ncc(-c3onc(-c4c(F)cccc4Cl)c3-c3nccs3)c2C(F)(F)F)c([2H])c1Cl. The summed E-state index contributed by atoms with van der Waals surface area (Å²) in [7, 11) is 0. The van der Waals surface area contributed by atoms with Crippen molar-refractivity contribution in [2.75, 3.05) is 0 Å². The number of halogens is 6. The highest BCUT2D eigenvalue weighted by molar-refractivity contribution is 7.13. The molecule has 0 fully saturated rings. The van der Waals surface area contributed by atoms with Crippen LogP contribution < -0.4 is 0 Å². The molecule has 172 valence electrons. The van der Waals surface area contributed by atoms with Crippen molar-refractivity contribution in [1.29, 1.82) is 0 Å². The summed E-state index contributed by atoms with van der Waals surface area (Å²) in [5.74, 6) is -1.20. The van der Waals surface area contributed by atoms with E-state index in [9.17, 15) is 17.6 Å². The van der Waals surface area contributed by atoms with Gasteiger partial charge in [-0.05, 0) is 30.3 Å². The van der Waals surface area contributed by atoms with Gasteiger partial charge in [-0.15, -0.1) is 11.3 Å². The number of hydrogen-bond donors (Lipinski definition) is 0. The Labute approximate surface area is 207 Å². The first-order valence-electron chi connectivity index (χ1n) is 10.8. The molecule has 0 unspecified atom stereocenters. The summed E-state index contributed by atoms with van der Waals surface area (Å²) in [5.41, 5.74) is -3.00. The van der Waals surface area contributed by atoms with Gasteiger partial charge in [0.15, 0.2) is 11.5 Å². The van der Waals surface area contributed by atoms with Crippen molar-refractivity contribution in [2.45, 2.75) is 6.18 Å². The van der Waals surface area contributed by atoms with Crippen molar-refractivity contribution in [3.8, 4) is 38.8 Å². The van der Waals surface area contributed by atoms with E-state index in [1.54, 1.807) is 5.38 Å². The quantitative estimate of drug-likeness (QED) is 0.224. The van der Waals surface area contributed by atoms with Gasteiger partial charge in [0, 0.05) is 16.6 Å². The molecule has 0 aliphatic carbocycles. The maximum atomic E-state index is 14.8. The lowest BCUT2D eigenvalue weighted by Crippen LogP contribution is -2.14. The smallest absolute Gasteiger partial charge is 0.355 e. The Morgan fingerprint density at radius 1 is 1.12 bits per heavy atom. The van der Waals surface area contributed by atoms with Crippen molar-refractivity contribution in [2.24, 2.45) is 0 Å². The molecule has 0 N–H and O–H groups in total. The molecule has 0 radical (unpaired) electrons. The first-order chi connectivity index (χ1) is 17.5. The number of hydrogen-bond acceptors (Lipinski definition) is 5. The second-order valence-electron chi connectivity index (χ2n) is 6.71. The minimum atomic E-state index is -5.07. The molecule has 0 bridgehead atoms. The Hall–Kier alpha value is -3.21. The minimum absolute atomic E-state index is 0.0489. The normalized spacial score (nSPS) is 13.1. The summed E-state index contributed by atoms with van der Waals surface area (Å²) in [6, 6.07) is 3.13. The molecule has 0 saturated heterocycles. The van der Waals surface area contributed by atoms with E-state index >= 15 is 0 Å². The zero-order valence-corrected chi connectivity index (χ0v) is 18.7. The molecule has 2 aromatic carbocycles. The second-order valence-corrected chi connectivity index (χ2v) is 8.39. The van der Waals surface area contributed by atoms with Crippen LogP contribution in [0.1, 0.15) is 9.81 Å². The Bertz CT molecular complexity index is 1630. The Morgan fingerprint density at radius 2 is 1.94 bits per heavy atom. The molecule has 0 saturated carbocycles. The van der Waals surface area contributed by atoms with Gasteiger partial charge < -0.3 is 4.52 Å². The molecule has 0 amide bonds. The molecule has 5 aromatic rings. The number of alkyl halides is 3. The van der Waals surface area contributed by atoms with Gasteiger partial charge in [-0.3, -0.25) is 0 Å². The molecule has 3 aromatic heterocycles. The summed E-state index contributed by atoms with van der Waals surface area (Å²) in [4.78, 5) is 4.14. The van der Waals surface area contributed by atoms with Gasteiger partial charge in [0.2, 0.25) is 0 Å². The Morgan fingerprint density at radius 3 is 2.65 bits per heavy atom. The van der Waals surface area contributed by atoms with Crippen LogP contribution in [0, 0.1) is 5.82 Å². The van der Waals surface area contributed by atoms with E-state index in [0.717, 1.165) is 29.7 Å². The van der Waals surface area contributed by atoms with Crippen LogP contribution in [-0.4, -0.2) is 19.9 Å². The topological polar surface area (TPSA) is 56.7 Å². The molecular weight excluding hydrogens is 515 g/mol. The summed E-state index contributed by atoms with van der Waals surface area (Å²) in [6.07, 6.45) is -2.84. The van der Waals surface area contributed by atoms with Crippen LogP contribution in [0.2, 0.25) is 10.0 Å². The van der Waals surface area contributed by atoms with Crippen LogP contribution in [0.15, 0.2) is 64.7 Å². The third-order valence-electron chi connectivity index (χ3n) is 4.67. The van der Waals surface area contributed by atoms with E-state index in [1.807, 2.05) is 0 Å². The lowest BCUT2D eigenvalue weighted by molar-refractivity contribution is -0.142. The van der Waals surface area contributed by atoms with E-state index in [-0.39, 0.29) is 26.9 Å². The summed E-state index contributed by atoms with van der Waals surface area (Å²) < 4.78 is 87.9. The third-order valence-corrected chi connectivity index (χ3v) is 5.98. The number of aromatic nitrogens is 4. The highest BCUT2D eigenvalue weighted by Crippen LogP contribution is 2.47. The van der Waals surface area contributed by atoms with Gasteiger partial charge in [0.1, 0.15) is 16.5 Å². The van der Waals surface area contributed by atoms with Crippen molar-refractivity contribution >= 4 is 34.5 Å². The third kappa shape index (κ3) is 3.87. The zero-order valence-electron chi connectivity index (χ0n) is 19.4. The van der Waals surface area contributed by atoms with Gasteiger partial charge in [0.05, 0.1) is 37.7 Å². The fourth-order valence-corrected chi connectivity index (χ4v) is 4.41. The van der Waals surface area contributed by atoms with Gasteiger partial charge in [0.25, 0.3) is 0 Å². The van der Waals surface area contributed by atoms with Crippen molar-refractivity contribution < 1.29 is 26.2 Å². The number of rotatable bonds is 4. The summed E-state index contributed by atoms with van der Waals surface area (Å²) >= 11 is 13.2. The maximum Gasteiger partial charge on any atom is 0.434 e. The van der Waals surface area contributed by atoms with Gasteiger partial charge in [-0.2, -0.15) is 18.3 Å². The Balaban J connectivity index is 1.83. The number of nitrogens with zero attached hydrogens (tertiary/aromatic N) is 4. The van der Waals surface area contributed by atoms with E-state index in [0.29, 0.717) is 4.68 Å². The fraction of sp³-hybridized carbons (Fsp3) is 0.0455. The van der Waals surface area contributed by atoms with Crippen molar-refractivity contribution in [3.63, 3.8) is 0 Å². The molecule has 0 aliphatic heterocycles. The standard InChI is InChI=1S/C22H10Cl2F4N4OS/c23-11-3-1-4-12(9-11)32-20(22(26,27)28)13(10-30-32)19-17(21-29-7-8-34-21)18(31-33-19)16-14(24)5-2-6-15(16)25/h1-10H/i3D,4D,9D.